The van der Waals surface area contributed by atoms with Gasteiger partial charge >= 0.3 is 5.97 Å². The molecule has 1 N–H and O–H groups in total. The first-order chi connectivity index (χ1) is 6.01. The van der Waals surface area contributed by atoms with Crippen molar-refractivity contribution in [2.45, 2.75) is 38.4 Å². The van der Waals surface area contributed by atoms with Crippen molar-refractivity contribution in [1.82, 2.24) is 0 Å². The van der Waals surface area contributed by atoms with E-state index in [1.807, 2.05) is 13.8 Å². The van der Waals surface area contributed by atoms with E-state index in [0.717, 1.165) is 12.0 Å². The molecule has 72 valence electrons. The van der Waals surface area contributed by atoms with Crippen LogP contribution in [-0.2, 0) is 9.53 Å². The van der Waals surface area contributed by atoms with Gasteiger partial charge in [0, 0.05) is 12.5 Å². The van der Waals surface area contributed by atoms with Crippen LogP contribution in [0, 0.1) is 5.92 Å². The Hall–Kier alpha value is -0.830. The number of aliphatic hydroxyl groups is 1. The van der Waals surface area contributed by atoms with Crippen LogP contribution in [-0.4, -0.2) is 22.8 Å². The van der Waals surface area contributed by atoms with Gasteiger partial charge in [-0.2, -0.15) is 0 Å². The number of hydrogen-bond acceptors (Lipinski definition) is 3. The van der Waals surface area contributed by atoms with Crippen LogP contribution >= 0.6 is 0 Å². The number of aliphatic hydroxyl groups excluding tert-OH is 1. The van der Waals surface area contributed by atoms with Crippen LogP contribution in [0.5, 0.6) is 0 Å². The van der Waals surface area contributed by atoms with Gasteiger partial charge < -0.3 is 9.84 Å². The predicted molar refractivity (Wildman–Crippen MR) is 47.0 cm³/mol. The summed E-state index contributed by atoms with van der Waals surface area (Å²) in [6, 6.07) is 0. The molecule has 0 aromatic rings. The van der Waals surface area contributed by atoms with Gasteiger partial charge in [-0.1, -0.05) is 6.92 Å². The van der Waals surface area contributed by atoms with E-state index in [2.05, 4.69) is 0 Å². The Bertz CT molecular complexity index is 282. The van der Waals surface area contributed by atoms with Crippen molar-refractivity contribution in [2.24, 2.45) is 5.92 Å². The van der Waals surface area contributed by atoms with E-state index in [4.69, 9.17) is 4.74 Å². The summed E-state index contributed by atoms with van der Waals surface area (Å²) < 4.78 is 5.20. The van der Waals surface area contributed by atoms with E-state index < -0.39 is 5.60 Å². The molecular weight excluding hydrogens is 168 g/mol. The van der Waals surface area contributed by atoms with Crippen molar-refractivity contribution in [3.63, 3.8) is 0 Å². The van der Waals surface area contributed by atoms with Crippen molar-refractivity contribution in [2.75, 3.05) is 0 Å². The molecule has 0 saturated heterocycles. The molecule has 0 aromatic carbocycles. The van der Waals surface area contributed by atoms with Gasteiger partial charge in [0.2, 0.25) is 0 Å². The topological polar surface area (TPSA) is 46.5 Å². The van der Waals surface area contributed by atoms with E-state index >= 15 is 0 Å². The maximum Gasteiger partial charge on any atom is 0.331 e. The van der Waals surface area contributed by atoms with E-state index in [1.54, 1.807) is 6.08 Å². The molecule has 1 saturated carbocycles. The number of hydrogen-bond donors (Lipinski definition) is 1. The molecule has 0 radical (unpaired) electrons. The molecule has 1 aliphatic carbocycles. The minimum absolute atomic E-state index is 0.250. The van der Waals surface area contributed by atoms with Gasteiger partial charge in [0.15, 0.2) is 0 Å². The fraction of sp³-hybridized carbons (Fsp3) is 0.700. The van der Waals surface area contributed by atoms with Crippen molar-refractivity contribution < 1.29 is 14.6 Å². The molecule has 0 spiro atoms. The maximum atomic E-state index is 11.1. The van der Waals surface area contributed by atoms with Crippen LogP contribution in [0.15, 0.2) is 11.6 Å². The standard InChI is InChI=1S/C10H14O3/c1-6-3-7(11)5-10(2)8(6)4-9(12)13-10/h4,6-7,11H,3,5H2,1-2H3/t6-,7+,10-/m1/s1. The lowest BCUT2D eigenvalue weighted by Gasteiger charge is -2.37. The first-order valence-corrected chi connectivity index (χ1v) is 4.64. The van der Waals surface area contributed by atoms with Gasteiger partial charge in [-0.15, -0.1) is 0 Å². The third-order valence-electron chi connectivity index (χ3n) is 2.99. The molecule has 2 rings (SSSR count). The molecule has 3 nitrogen and oxygen atoms in total. The van der Waals surface area contributed by atoms with E-state index in [9.17, 15) is 9.90 Å². The molecule has 0 unspecified atom stereocenters. The lowest BCUT2D eigenvalue weighted by Crippen LogP contribution is -2.40. The lowest BCUT2D eigenvalue weighted by molar-refractivity contribution is -0.148. The normalized spacial score (nSPS) is 43.9. The zero-order chi connectivity index (χ0) is 9.64. The number of rotatable bonds is 0. The van der Waals surface area contributed by atoms with Gasteiger partial charge in [0.25, 0.3) is 0 Å². The highest BCUT2D eigenvalue weighted by atomic mass is 16.6. The van der Waals surface area contributed by atoms with E-state index in [1.165, 1.54) is 0 Å². The van der Waals surface area contributed by atoms with E-state index in [0.29, 0.717) is 6.42 Å². The fourth-order valence-electron chi connectivity index (χ4n) is 2.48. The molecule has 3 heteroatoms. The minimum Gasteiger partial charge on any atom is -0.452 e. The van der Waals surface area contributed by atoms with Gasteiger partial charge in [0.05, 0.1) is 6.10 Å². The molecule has 13 heavy (non-hydrogen) atoms. The average Bonchev–Trinajstić information content (AvgIpc) is 2.23. The van der Waals surface area contributed by atoms with Gasteiger partial charge in [-0.3, -0.25) is 0 Å². The number of ether oxygens (including phenoxy) is 1. The highest BCUT2D eigenvalue weighted by molar-refractivity contribution is 5.87. The molecule has 1 heterocycles. The molecular formula is C10H14O3. The molecule has 1 aliphatic heterocycles. The van der Waals surface area contributed by atoms with Crippen LogP contribution in [0.4, 0.5) is 0 Å². The Kier molecular flexibility index (Phi) is 1.74. The average molecular weight is 182 g/mol. The van der Waals surface area contributed by atoms with Crippen molar-refractivity contribution in [3.8, 4) is 0 Å². The Balaban J connectivity index is 2.33. The smallest absolute Gasteiger partial charge is 0.331 e. The Labute approximate surface area is 77.4 Å². The number of esters is 1. The molecule has 3 atom stereocenters. The molecule has 0 amide bonds. The summed E-state index contributed by atoms with van der Waals surface area (Å²) in [6.45, 7) is 3.90. The summed E-state index contributed by atoms with van der Waals surface area (Å²) in [4.78, 5) is 11.1. The molecule has 0 bridgehead atoms. The highest BCUT2D eigenvalue weighted by Gasteiger charge is 2.46. The Morgan fingerprint density at radius 2 is 2.38 bits per heavy atom. The maximum absolute atomic E-state index is 11.1. The second kappa shape index (κ2) is 2.58. The largest absolute Gasteiger partial charge is 0.452 e. The summed E-state index contributed by atoms with van der Waals surface area (Å²) in [5, 5.41) is 9.56. The lowest BCUT2D eigenvalue weighted by atomic mass is 9.75. The van der Waals surface area contributed by atoms with Crippen molar-refractivity contribution in [1.29, 1.82) is 0 Å². The fourth-order valence-corrected chi connectivity index (χ4v) is 2.48. The first kappa shape index (κ1) is 8.75. The first-order valence-electron chi connectivity index (χ1n) is 4.64. The second-order valence-electron chi connectivity index (χ2n) is 4.25. The third-order valence-corrected chi connectivity index (χ3v) is 2.99. The summed E-state index contributed by atoms with van der Waals surface area (Å²) in [6.07, 6.45) is 2.51. The van der Waals surface area contributed by atoms with Crippen LogP contribution in [0.2, 0.25) is 0 Å². The molecule has 2 aliphatic rings. The van der Waals surface area contributed by atoms with Crippen LogP contribution < -0.4 is 0 Å². The summed E-state index contributed by atoms with van der Waals surface area (Å²) in [5.74, 6) is -0.0151. The predicted octanol–water partition coefficient (Wildman–Crippen LogP) is 1.02. The summed E-state index contributed by atoms with van der Waals surface area (Å²) in [5.41, 5.74) is 0.511. The second-order valence-corrected chi connectivity index (χ2v) is 4.25. The van der Waals surface area contributed by atoms with Crippen molar-refractivity contribution >= 4 is 5.97 Å². The zero-order valence-electron chi connectivity index (χ0n) is 7.91. The minimum atomic E-state index is -0.534. The number of carbonyl (C=O) groups excluding carboxylic acids is 1. The monoisotopic (exact) mass is 182 g/mol. The van der Waals surface area contributed by atoms with Gasteiger partial charge in [0.1, 0.15) is 5.60 Å². The van der Waals surface area contributed by atoms with Gasteiger partial charge in [-0.05, 0) is 24.8 Å². The van der Waals surface area contributed by atoms with Gasteiger partial charge in [-0.25, -0.2) is 4.79 Å². The molecule has 1 fully saturated rings. The van der Waals surface area contributed by atoms with Crippen LogP contribution in [0.1, 0.15) is 26.7 Å². The van der Waals surface area contributed by atoms with E-state index in [-0.39, 0.29) is 18.0 Å². The third kappa shape index (κ3) is 1.27. The quantitative estimate of drug-likeness (QED) is 0.569. The SMILES string of the molecule is C[C@@H]1C[C@H](O)C[C@@]2(C)OC(=O)C=C12. The van der Waals surface area contributed by atoms with Crippen molar-refractivity contribution in [3.05, 3.63) is 11.6 Å². The number of fused-ring (bicyclic) bond motifs is 1. The van der Waals surface area contributed by atoms with Crippen LogP contribution in [0.3, 0.4) is 0 Å². The Morgan fingerprint density at radius 1 is 1.69 bits per heavy atom. The Morgan fingerprint density at radius 3 is 3.08 bits per heavy atom. The highest BCUT2D eigenvalue weighted by Crippen LogP contribution is 2.43. The molecule has 0 aromatic heterocycles. The summed E-state index contributed by atoms with van der Waals surface area (Å²) in [7, 11) is 0. The number of carbonyl (C=O) groups is 1. The van der Waals surface area contributed by atoms with Crippen LogP contribution in [0.25, 0.3) is 0 Å². The zero-order valence-corrected chi connectivity index (χ0v) is 7.91. The summed E-state index contributed by atoms with van der Waals surface area (Å²) >= 11 is 0.